The van der Waals surface area contributed by atoms with Gasteiger partial charge >= 0.3 is 0 Å². The third kappa shape index (κ3) is 2.95. The number of hydrogen-bond acceptors (Lipinski definition) is 4. The van der Waals surface area contributed by atoms with Gasteiger partial charge in [-0.25, -0.2) is 4.98 Å². The van der Waals surface area contributed by atoms with Gasteiger partial charge in [0.25, 0.3) is 5.91 Å². The number of rotatable bonds is 4. The van der Waals surface area contributed by atoms with Gasteiger partial charge in [-0.1, -0.05) is 0 Å². The van der Waals surface area contributed by atoms with Gasteiger partial charge in [0.1, 0.15) is 12.2 Å². The van der Waals surface area contributed by atoms with E-state index < -0.39 is 5.91 Å². The average Bonchev–Trinajstić information content (AvgIpc) is 2.90. The molecule has 0 bridgehead atoms. The van der Waals surface area contributed by atoms with Crippen LogP contribution in [0.4, 0.5) is 0 Å². The summed E-state index contributed by atoms with van der Waals surface area (Å²) in [5, 5.41) is 6.40. The quantitative estimate of drug-likeness (QED) is 0.816. The first kappa shape index (κ1) is 12.7. The number of amides is 2. The number of primary amides is 1. The van der Waals surface area contributed by atoms with Crippen molar-refractivity contribution in [1.29, 1.82) is 0 Å². The number of aromatic amines is 1. The first-order chi connectivity index (χ1) is 9.08. The molecule has 2 aromatic rings. The van der Waals surface area contributed by atoms with Crippen LogP contribution < -0.4 is 5.73 Å². The molecule has 7 nitrogen and oxygen atoms in total. The molecule has 0 atom stereocenters. The lowest BCUT2D eigenvalue weighted by Gasteiger charge is -2.15. The largest absolute Gasteiger partial charge is 0.366 e. The van der Waals surface area contributed by atoms with Crippen molar-refractivity contribution >= 4 is 11.8 Å². The zero-order chi connectivity index (χ0) is 13.8. The van der Waals surface area contributed by atoms with Gasteiger partial charge in [0.15, 0.2) is 0 Å². The maximum absolute atomic E-state index is 12.1. The second-order valence-corrected chi connectivity index (χ2v) is 4.03. The van der Waals surface area contributed by atoms with Crippen LogP contribution in [-0.2, 0) is 6.54 Å². The molecule has 98 valence electrons. The minimum atomic E-state index is -0.519. The van der Waals surface area contributed by atoms with Crippen LogP contribution in [0, 0.1) is 0 Å². The van der Waals surface area contributed by atoms with Crippen LogP contribution in [0.3, 0.4) is 0 Å². The Bertz CT molecular complexity index is 577. The lowest BCUT2D eigenvalue weighted by Crippen LogP contribution is -2.26. The van der Waals surface area contributed by atoms with E-state index >= 15 is 0 Å². The molecule has 1 aromatic carbocycles. The fourth-order valence-corrected chi connectivity index (χ4v) is 1.60. The molecule has 0 fully saturated rings. The van der Waals surface area contributed by atoms with Gasteiger partial charge in [0.2, 0.25) is 5.91 Å². The summed E-state index contributed by atoms with van der Waals surface area (Å²) in [4.78, 5) is 28.5. The number of nitrogens with one attached hydrogen (secondary N) is 1. The van der Waals surface area contributed by atoms with Crippen molar-refractivity contribution in [3.05, 3.63) is 47.5 Å². The van der Waals surface area contributed by atoms with Crippen molar-refractivity contribution in [2.24, 2.45) is 5.73 Å². The second kappa shape index (κ2) is 5.30. The molecular formula is C12H13N5O2. The molecule has 1 heterocycles. The molecule has 0 aliphatic rings. The summed E-state index contributed by atoms with van der Waals surface area (Å²) in [6, 6.07) is 6.19. The van der Waals surface area contributed by atoms with Crippen molar-refractivity contribution in [2.45, 2.75) is 6.54 Å². The van der Waals surface area contributed by atoms with Crippen LogP contribution in [0.1, 0.15) is 26.5 Å². The summed E-state index contributed by atoms with van der Waals surface area (Å²) >= 11 is 0. The van der Waals surface area contributed by atoms with Crippen molar-refractivity contribution in [3.63, 3.8) is 0 Å². The Labute approximate surface area is 109 Å². The zero-order valence-electron chi connectivity index (χ0n) is 10.3. The molecule has 2 rings (SSSR count). The summed E-state index contributed by atoms with van der Waals surface area (Å²) < 4.78 is 0. The van der Waals surface area contributed by atoms with Crippen LogP contribution in [0.15, 0.2) is 30.6 Å². The molecule has 0 saturated carbocycles. The lowest BCUT2D eigenvalue weighted by atomic mass is 10.1. The maximum Gasteiger partial charge on any atom is 0.254 e. The zero-order valence-corrected chi connectivity index (χ0v) is 10.3. The topological polar surface area (TPSA) is 105 Å². The molecule has 0 aliphatic heterocycles. The highest BCUT2D eigenvalue weighted by atomic mass is 16.2. The monoisotopic (exact) mass is 259 g/mol. The third-order valence-electron chi connectivity index (χ3n) is 2.61. The third-order valence-corrected chi connectivity index (χ3v) is 2.61. The molecule has 0 aliphatic carbocycles. The highest BCUT2D eigenvalue weighted by Crippen LogP contribution is 2.08. The number of carbonyl (C=O) groups is 2. The van der Waals surface area contributed by atoms with E-state index in [4.69, 9.17) is 5.73 Å². The summed E-state index contributed by atoms with van der Waals surface area (Å²) in [5.41, 5.74) is 5.99. The molecule has 3 N–H and O–H groups in total. The number of nitrogens with two attached hydrogens (primary N) is 1. The van der Waals surface area contributed by atoms with Gasteiger partial charge in [-0.3, -0.25) is 14.7 Å². The molecule has 1 aromatic heterocycles. The Kier molecular flexibility index (Phi) is 3.56. The number of hydrogen-bond donors (Lipinski definition) is 2. The highest BCUT2D eigenvalue weighted by molar-refractivity contribution is 5.97. The fourth-order valence-electron chi connectivity index (χ4n) is 1.60. The molecular weight excluding hydrogens is 246 g/mol. The number of nitrogens with zero attached hydrogens (tertiary/aromatic N) is 3. The second-order valence-electron chi connectivity index (χ2n) is 4.03. The van der Waals surface area contributed by atoms with E-state index in [1.54, 1.807) is 19.2 Å². The summed E-state index contributed by atoms with van der Waals surface area (Å²) in [7, 11) is 1.66. The van der Waals surface area contributed by atoms with E-state index in [9.17, 15) is 9.59 Å². The average molecular weight is 259 g/mol. The molecule has 0 spiro atoms. The minimum Gasteiger partial charge on any atom is -0.366 e. The van der Waals surface area contributed by atoms with Crippen LogP contribution in [0.2, 0.25) is 0 Å². The van der Waals surface area contributed by atoms with Crippen LogP contribution in [0.25, 0.3) is 0 Å². The van der Waals surface area contributed by atoms with Crippen molar-refractivity contribution in [2.75, 3.05) is 7.05 Å². The van der Waals surface area contributed by atoms with Gasteiger partial charge in [-0.05, 0) is 24.3 Å². The Morgan fingerprint density at radius 3 is 2.42 bits per heavy atom. The van der Waals surface area contributed by atoms with E-state index in [1.165, 1.54) is 23.4 Å². The number of carbonyl (C=O) groups excluding carboxylic acids is 2. The van der Waals surface area contributed by atoms with E-state index in [-0.39, 0.29) is 5.91 Å². The van der Waals surface area contributed by atoms with E-state index in [1.807, 2.05) is 0 Å². The minimum absolute atomic E-state index is 0.174. The van der Waals surface area contributed by atoms with E-state index in [0.29, 0.717) is 23.5 Å². The normalized spacial score (nSPS) is 10.2. The predicted molar refractivity (Wildman–Crippen MR) is 67.1 cm³/mol. The smallest absolute Gasteiger partial charge is 0.254 e. The Morgan fingerprint density at radius 1 is 1.26 bits per heavy atom. The SMILES string of the molecule is CN(Cc1ncn[nH]1)C(=O)c1ccc(C(N)=O)cc1. The van der Waals surface area contributed by atoms with Gasteiger partial charge in [-0.2, -0.15) is 5.10 Å². The molecule has 0 saturated heterocycles. The highest BCUT2D eigenvalue weighted by Gasteiger charge is 2.13. The molecule has 0 unspecified atom stereocenters. The summed E-state index contributed by atoms with van der Waals surface area (Å²) in [6.07, 6.45) is 1.38. The number of benzene rings is 1. The van der Waals surface area contributed by atoms with Crippen LogP contribution in [0.5, 0.6) is 0 Å². The first-order valence-electron chi connectivity index (χ1n) is 5.57. The number of aromatic nitrogens is 3. The number of H-pyrrole nitrogens is 1. The summed E-state index contributed by atoms with van der Waals surface area (Å²) in [5.74, 6) is -0.0916. The maximum atomic E-state index is 12.1. The van der Waals surface area contributed by atoms with Gasteiger partial charge in [0, 0.05) is 18.2 Å². The van der Waals surface area contributed by atoms with Gasteiger partial charge in [-0.15, -0.1) is 0 Å². The molecule has 0 radical (unpaired) electrons. The Hall–Kier alpha value is -2.70. The first-order valence-corrected chi connectivity index (χ1v) is 5.57. The lowest BCUT2D eigenvalue weighted by molar-refractivity contribution is 0.0781. The van der Waals surface area contributed by atoms with Gasteiger partial charge < -0.3 is 10.6 Å². The predicted octanol–water partition coefficient (Wildman–Crippen LogP) is 0.176. The van der Waals surface area contributed by atoms with E-state index in [2.05, 4.69) is 15.2 Å². The Balaban J connectivity index is 2.08. The fraction of sp³-hybridized carbons (Fsp3) is 0.167. The van der Waals surface area contributed by atoms with Crippen molar-refractivity contribution in [3.8, 4) is 0 Å². The molecule has 7 heteroatoms. The van der Waals surface area contributed by atoms with Crippen molar-refractivity contribution in [1.82, 2.24) is 20.1 Å². The van der Waals surface area contributed by atoms with Gasteiger partial charge in [0.05, 0.1) is 6.54 Å². The molecule has 19 heavy (non-hydrogen) atoms. The Morgan fingerprint density at radius 2 is 1.89 bits per heavy atom. The standard InChI is InChI=1S/C12H13N5O2/c1-17(6-10-14-7-15-16-10)12(19)9-4-2-8(3-5-9)11(13)18/h2-5,7H,6H2,1H3,(H2,13,18)(H,14,15,16). The van der Waals surface area contributed by atoms with Crippen LogP contribution >= 0.6 is 0 Å². The van der Waals surface area contributed by atoms with E-state index in [0.717, 1.165) is 0 Å². The van der Waals surface area contributed by atoms with Crippen LogP contribution in [-0.4, -0.2) is 38.9 Å². The van der Waals surface area contributed by atoms with Crippen molar-refractivity contribution < 1.29 is 9.59 Å². The summed E-state index contributed by atoms with van der Waals surface area (Å²) in [6.45, 7) is 0.330. The molecule has 2 amide bonds.